The molecule has 0 unspecified atom stereocenters. The largest absolute Gasteiger partial charge is 0.481 e. The molecule has 1 aromatic rings. The van der Waals surface area contributed by atoms with E-state index in [-0.39, 0.29) is 17.7 Å². The number of aliphatic carboxylic acids is 1. The molecule has 1 aliphatic heterocycles. The zero-order chi connectivity index (χ0) is 17.7. The highest BCUT2D eigenvalue weighted by Crippen LogP contribution is 2.44. The predicted octanol–water partition coefficient (Wildman–Crippen LogP) is 3.89. The van der Waals surface area contributed by atoms with Gasteiger partial charge in [0.2, 0.25) is 5.91 Å². The van der Waals surface area contributed by atoms with Crippen LogP contribution in [0.3, 0.4) is 0 Å². The summed E-state index contributed by atoms with van der Waals surface area (Å²) in [5, 5.41) is 9.21. The van der Waals surface area contributed by atoms with Gasteiger partial charge in [-0.05, 0) is 49.0 Å². The quantitative estimate of drug-likeness (QED) is 0.852. The maximum atomic E-state index is 12.7. The monoisotopic (exact) mass is 343 g/mol. The molecule has 136 valence electrons. The van der Waals surface area contributed by atoms with E-state index in [0.717, 1.165) is 58.0 Å². The minimum atomic E-state index is -0.767. The second-order valence-corrected chi connectivity index (χ2v) is 7.97. The van der Waals surface area contributed by atoms with Crippen LogP contribution in [0.25, 0.3) is 0 Å². The molecular formula is C21H29NO3. The molecule has 0 radical (unpaired) electrons. The third kappa shape index (κ3) is 4.83. The lowest BCUT2D eigenvalue weighted by Gasteiger charge is -2.35. The van der Waals surface area contributed by atoms with Crippen molar-refractivity contribution in [2.45, 2.75) is 57.8 Å². The summed E-state index contributed by atoms with van der Waals surface area (Å²) < 4.78 is 0. The van der Waals surface area contributed by atoms with E-state index in [9.17, 15) is 14.7 Å². The number of benzene rings is 1. The molecule has 1 heterocycles. The standard InChI is InChI=1S/C21H29NO3/c23-19(15-21(16-20(24)25)10-4-5-11-21)22-12-8-18(9-13-22)14-17-6-2-1-3-7-17/h1-3,6-7,18H,4-5,8-16H2,(H,24,25). The van der Waals surface area contributed by atoms with Crippen molar-refractivity contribution >= 4 is 11.9 Å². The van der Waals surface area contributed by atoms with Gasteiger partial charge in [0, 0.05) is 19.5 Å². The number of amides is 1. The normalized spacial score (nSPS) is 20.6. The van der Waals surface area contributed by atoms with Crippen LogP contribution in [-0.4, -0.2) is 35.0 Å². The van der Waals surface area contributed by atoms with Gasteiger partial charge in [-0.15, -0.1) is 0 Å². The van der Waals surface area contributed by atoms with E-state index in [1.54, 1.807) is 0 Å². The molecule has 1 N–H and O–H groups in total. The Labute approximate surface area is 150 Å². The van der Waals surface area contributed by atoms with Crippen LogP contribution in [0.5, 0.6) is 0 Å². The van der Waals surface area contributed by atoms with E-state index in [2.05, 4.69) is 24.3 Å². The zero-order valence-electron chi connectivity index (χ0n) is 15.0. The first kappa shape index (κ1) is 18.0. The van der Waals surface area contributed by atoms with E-state index in [4.69, 9.17) is 0 Å². The average molecular weight is 343 g/mol. The van der Waals surface area contributed by atoms with Crippen LogP contribution >= 0.6 is 0 Å². The smallest absolute Gasteiger partial charge is 0.303 e. The first-order valence-electron chi connectivity index (χ1n) is 9.60. The van der Waals surface area contributed by atoms with E-state index in [1.807, 2.05) is 11.0 Å². The van der Waals surface area contributed by atoms with Gasteiger partial charge >= 0.3 is 5.97 Å². The number of rotatable bonds is 6. The van der Waals surface area contributed by atoms with Crippen molar-refractivity contribution in [3.05, 3.63) is 35.9 Å². The van der Waals surface area contributed by atoms with E-state index in [0.29, 0.717) is 12.3 Å². The first-order chi connectivity index (χ1) is 12.1. The Kier molecular flexibility index (Phi) is 5.77. The Morgan fingerprint density at radius 3 is 2.28 bits per heavy atom. The number of carbonyl (C=O) groups is 2. The van der Waals surface area contributed by atoms with Crippen LogP contribution in [0.4, 0.5) is 0 Å². The maximum Gasteiger partial charge on any atom is 0.303 e. The Balaban J connectivity index is 1.50. The molecule has 1 amide bonds. The molecule has 0 atom stereocenters. The van der Waals surface area contributed by atoms with Gasteiger partial charge in [0.1, 0.15) is 0 Å². The Morgan fingerprint density at radius 1 is 1.04 bits per heavy atom. The maximum absolute atomic E-state index is 12.7. The van der Waals surface area contributed by atoms with Gasteiger partial charge in [0.15, 0.2) is 0 Å². The van der Waals surface area contributed by atoms with Crippen molar-refractivity contribution in [1.29, 1.82) is 0 Å². The van der Waals surface area contributed by atoms with Gasteiger partial charge in [-0.1, -0.05) is 43.2 Å². The van der Waals surface area contributed by atoms with Crippen LogP contribution < -0.4 is 0 Å². The third-order valence-corrected chi connectivity index (χ3v) is 6.05. The molecule has 2 aliphatic rings. The average Bonchev–Trinajstić information content (AvgIpc) is 3.03. The van der Waals surface area contributed by atoms with Crippen LogP contribution in [-0.2, 0) is 16.0 Å². The molecule has 4 heteroatoms. The van der Waals surface area contributed by atoms with Gasteiger partial charge in [0.05, 0.1) is 6.42 Å². The molecule has 1 saturated heterocycles. The molecular weight excluding hydrogens is 314 g/mol. The summed E-state index contributed by atoms with van der Waals surface area (Å²) in [5.74, 6) is 0.0449. The van der Waals surface area contributed by atoms with E-state index >= 15 is 0 Å². The lowest BCUT2D eigenvalue weighted by atomic mass is 9.79. The summed E-state index contributed by atoms with van der Waals surface area (Å²) in [7, 11) is 0. The number of carbonyl (C=O) groups excluding carboxylic acids is 1. The fraction of sp³-hybridized carbons (Fsp3) is 0.619. The van der Waals surface area contributed by atoms with Crippen molar-refractivity contribution in [2.75, 3.05) is 13.1 Å². The van der Waals surface area contributed by atoms with Crippen LogP contribution in [0.1, 0.15) is 56.9 Å². The summed E-state index contributed by atoms with van der Waals surface area (Å²) >= 11 is 0. The summed E-state index contributed by atoms with van der Waals surface area (Å²) in [6, 6.07) is 10.6. The van der Waals surface area contributed by atoms with Crippen molar-refractivity contribution in [3.8, 4) is 0 Å². The minimum Gasteiger partial charge on any atom is -0.481 e. The summed E-state index contributed by atoms with van der Waals surface area (Å²) in [6.07, 6.45) is 7.63. The molecule has 25 heavy (non-hydrogen) atoms. The van der Waals surface area contributed by atoms with Gasteiger partial charge in [-0.25, -0.2) is 0 Å². The zero-order valence-corrected chi connectivity index (χ0v) is 15.0. The number of carboxylic acids is 1. The van der Waals surface area contributed by atoms with Gasteiger partial charge in [-0.3, -0.25) is 9.59 Å². The van der Waals surface area contributed by atoms with Crippen molar-refractivity contribution in [1.82, 2.24) is 4.90 Å². The molecule has 1 aromatic carbocycles. The highest BCUT2D eigenvalue weighted by molar-refractivity contribution is 5.78. The van der Waals surface area contributed by atoms with Gasteiger partial charge < -0.3 is 10.0 Å². The van der Waals surface area contributed by atoms with Crippen molar-refractivity contribution in [2.24, 2.45) is 11.3 Å². The van der Waals surface area contributed by atoms with Crippen LogP contribution in [0.2, 0.25) is 0 Å². The van der Waals surface area contributed by atoms with Gasteiger partial charge in [-0.2, -0.15) is 0 Å². The SMILES string of the molecule is O=C(O)CC1(CC(=O)N2CCC(Cc3ccccc3)CC2)CCCC1. The number of likely N-dealkylation sites (tertiary alicyclic amines) is 1. The fourth-order valence-electron chi connectivity index (χ4n) is 4.63. The fourth-order valence-corrected chi connectivity index (χ4v) is 4.63. The number of hydrogen-bond acceptors (Lipinski definition) is 2. The van der Waals surface area contributed by atoms with Gasteiger partial charge in [0.25, 0.3) is 0 Å². The third-order valence-electron chi connectivity index (χ3n) is 6.05. The van der Waals surface area contributed by atoms with E-state index < -0.39 is 5.97 Å². The molecule has 1 aliphatic carbocycles. The Hall–Kier alpha value is -1.84. The number of hydrogen-bond donors (Lipinski definition) is 1. The Bertz CT molecular complexity index is 584. The highest BCUT2D eigenvalue weighted by atomic mass is 16.4. The molecule has 3 rings (SSSR count). The highest BCUT2D eigenvalue weighted by Gasteiger charge is 2.39. The molecule has 0 aromatic heterocycles. The van der Waals surface area contributed by atoms with E-state index in [1.165, 1.54) is 5.56 Å². The number of carboxylic acid groups (broad SMARTS) is 1. The lowest BCUT2D eigenvalue weighted by Crippen LogP contribution is -2.41. The van der Waals surface area contributed by atoms with Crippen LogP contribution in [0, 0.1) is 11.3 Å². The lowest BCUT2D eigenvalue weighted by molar-refractivity contribution is -0.141. The second-order valence-electron chi connectivity index (χ2n) is 7.97. The second kappa shape index (κ2) is 8.03. The number of nitrogens with zero attached hydrogens (tertiary/aromatic N) is 1. The first-order valence-corrected chi connectivity index (χ1v) is 9.60. The summed E-state index contributed by atoms with van der Waals surface area (Å²) in [4.78, 5) is 25.9. The molecule has 4 nitrogen and oxygen atoms in total. The number of piperidine rings is 1. The van der Waals surface area contributed by atoms with Crippen LogP contribution in [0.15, 0.2) is 30.3 Å². The molecule has 0 spiro atoms. The Morgan fingerprint density at radius 2 is 1.68 bits per heavy atom. The molecule has 2 fully saturated rings. The topological polar surface area (TPSA) is 57.6 Å². The summed E-state index contributed by atoms with van der Waals surface area (Å²) in [5.41, 5.74) is 1.09. The summed E-state index contributed by atoms with van der Waals surface area (Å²) in [6.45, 7) is 1.64. The minimum absolute atomic E-state index is 0.142. The van der Waals surface area contributed by atoms with Crippen molar-refractivity contribution < 1.29 is 14.7 Å². The predicted molar refractivity (Wildman–Crippen MR) is 97.2 cm³/mol. The van der Waals surface area contributed by atoms with Crippen molar-refractivity contribution in [3.63, 3.8) is 0 Å². The molecule has 1 saturated carbocycles. The molecule has 0 bridgehead atoms.